The van der Waals surface area contributed by atoms with Gasteiger partial charge in [-0.1, -0.05) is 68.4 Å². The minimum atomic E-state index is -0.0520. The molecular formula is C27H35NS. The lowest BCUT2D eigenvalue weighted by Crippen LogP contribution is -2.20. The number of benzene rings is 2. The van der Waals surface area contributed by atoms with E-state index in [4.69, 9.17) is 5.73 Å². The van der Waals surface area contributed by atoms with Crippen molar-refractivity contribution in [1.29, 1.82) is 0 Å². The molecule has 0 saturated carbocycles. The van der Waals surface area contributed by atoms with E-state index in [0.717, 1.165) is 16.2 Å². The van der Waals surface area contributed by atoms with Crippen LogP contribution in [0.25, 0.3) is 4.91 Å². The van der Waals surface area contributed by atoms with Gasteiger partial charge in [-0.05, 0) is 91.3 Å². The van der Waals surface area contributed by atoms with E-state index in [9.17, 15) is 0 Å². The number of hydrogen-bond acceptors (Lipinski definition) is 2. The van der Waals surface area contributed by atoms with Gasteiger partial charge in [0.2, 0.25) is 0 Å². The molecule has 0 saturated heterocycles. The fourth-order valence-electron chi connectivity index (χ4n) is 4.18. The van der Waals surface area contributed by atoms with E-state index < -0.39 is 0 Å². The molecule has 154 valence electrons. The molecule has 3 rings (SSSR count). The van der Waals surface area contributed by atoms with Crippen LogP contribution in [0.4, 0.5) is 5.69 Å². The van der Waals surface area contributed by atoms with E-state index in [0.29, 0.717) is 0 Å². The number of nitrogen functional groups attached to an aromatic ring is 1. The van der Waals surface area contributed by atoms with Crippen LogP contribution in [-0.2, 0) is 18.3 Å². The van der Waals surface area contributed by atoms with Crippen LogP contribution in [0.15, 0.2) is 47.9 Å². The van der Waals surface area contributed by atoms with E-state index in [1.54, 1.807) is 11.8 Å². The normalized spacial score (nSPS) is 15.0. The van der Waals surface area contributed by atoms with Gasteiger partial charge in [0.05, 0.1) is 0 Å². The molecule has 0 heterocycles. The van der Waals surface area contributed by atoms with E-state index in [2.05, 4.69) is 76.9 Å². The summed E-state index contributed by atoms with van der Waals surface area (Å²) in [5, 5.41) is 2.28. The Labute approximate surface area is 181 Å². The molecule has 0 unspecified atom stereocenters. The first-order valence-corrected chi connectivity index (χ1v) is 11.6. The molecule has 0 aromatic heterocycles. The monoisotopic (exact) mass is 405 g/mol. The quantitative estimate of drug-likeness (QED) is 0.406. The SMILES string of the molecule is C=C(S/C=C(\C)C(C)(C)c1cc(C)c(N)cc1C)c1ccc2c(c1)CCCCC2. The van der Waals surface area contributed by atoms with Crippen molar-refractivity contribution >= 4 is 22.4 Å². The van der Waals surface area contributed by atoms with Crippen molar-refractivity contribution in [3.8, 4) is 0 Å². The molecule has 2 N–H and O–H groups in total. The Morgan fingerprint density at radius 1 is 1.00 bits per heavy atom. The minimum Gasteiger partial charge on any atom is -0.399 e. The minimum absolute atomic E-state index is 0.0520. The van der Waals surface area contributed by atoms with Crippen LogP contribution >= 0.6 is 11.8 Å². The Balaban J connectivity index is 1.79. The third kappa shape index (κ3) is 4.80. The maximum Gasteiger partial charge on any atom is 0.0346 e. The highest BCUT2D eigenvalue weighted by Gasteiger charge is 2.25. The van der Waals surface area contributed by atoms with Crippen molar-refractivity contribution in [3.05, 3.63) is 81.3 Å². The van der Waals surface area contributed by atoms with Crippen molar-refractivity contribution in [2.45, 2.75) is 72.1 Å². The molecule has 29 heavy (non-hydrogen) atoms. The molecule has 2 aromatic carbocycles. The Kier molecular flexibility index (Phi) is 6.63. The van der Waals surface area contributed by atoms with Crippen LogP contribution in [0, 0.1) is 13.8 Å². The van der Waals surface area contributed by atoms with Crippen LogP contribution in [0.2, 0.25) is 0 Å². The maximum absolute atomic E-state index is 6.10. The first-order chi connectivity index (χ1) is 13.7. The van der Waals surface area contributed by atoms with Gasteiger partial charge in [-0.15, -0.1) is 0 Å². The molecule has 0 aliphatic heterocycles. The van der Waals surface area contributed by atoms with Crippen molar-refractivity contribution in [3.63, 3.8) is 0 Å². The second kappa shape index (κ2) is 8.83. The van der Waals surface area contributed by atoms with Gasteiger partial charge in [0, 0.05) is 16.0 Å². The van der Waals surface area contributed by atoms with Crippen LogP contribution in [0.1, 0.15) is 73.4 Å². The molecule has 2 heteroatoms. The molecule has 1 nitrogen and oxygen atoms in total. The van der Waals surface area contributed by atoms with E-state index in [1.165, 1.54) is 65.5 Å². The molecule has 2 aromatic rings. The molecular weight excluding hydrogens is 370 g/mol. The molecule has 0 fully saturated rings. The summed E-state index contributed by atoms with van der Waals surface area (Å²) in [5.74, 6) is 0. The van der Waals surface area contributed by atoms with Crippen molar-refractivity contribution in [2.24, 2.45) is 0 Å². The maximum atomic E-state index is 6.10. The third-order valence-corrected chi connectivity index (χ3v) is 7.56. The summed E-state index contributed by atoms with van der Waals surface area (Å²) < 4.78 is 0. The zero-order valence-corrected chi connectivity index (χ0v) is 19.5. The fourth-order valence-corrected chi connectivity index (χ4v) is 5.06. The average molecular weight is 406 g/mol. The summed E-state index contributed by atoms with van der Waals surface area (Å²) in [4.78, 5) is 1.12. The van der Waals surface area contributed by atoms with Crippen LogP contribution in [0.3, 0.4) is 0 Å². The second-order valence-electron chi connectivity index (χ2n) is 9.03. The largest absolute Gasteiger partial charge is 0.399 e. The molecule has 1 aliphatic rings. The Morgan fingerprint density at radius 2 is 1.69 bits per heavy atom. The highest BCUT2D eigenvalue weighted by Crippen LogP contribution is 2.38. The smallest absolute Gasteiger partial charge is 0.0346 e. The van der Waals surface area contributed by atoms with Gasteiger partial charge in [-0.3, -0.25) is 0 Å². The third-order valence-electron chi connectivity index (χ3n) is 6.57. The molecule has 0 atom stereocenters. The molecule has 0 radical (unpaired) electrons. The van der Waals surface area contributed by atoms with Gasteiger partial charge in [0.15, 0.2) is 0 Å². The zero-order valence-electron chi connectivity index (χ0n) is 18.7. The number of hydrogen-bond donors (Lipinski definition) is 1. The number of anilines is 1. The number of allylic oxidation sites excluding steroid dienone is 1. The number of nitrogens with two attached hydrogens (primary N) is 1. The summed E-state index contributed by atoms with van der Waals surface area (Å²) in [6.45, 7) is 15.4. The van der Waals surface area contributed by atoms with Crippen LogP contribution in [-0.4, -0.2) is 0 Å². The zero-order chi connectivity index (χ0) is 21.2. The van der Waals surface area contributed by atoms with Gasteiger partial charge < -0.3 is 5.73 Å². The van der Waals surface area contributed by atoms with Gasteiger partial charge in [-0.2, -0.15) is 0 Å². The number of fused-ring (bicyclic) bond motifs is 1. The highest BCUT2D eigenvalue weighted by atomic mass is 32.2. The lowest BCUT2D eigenvalue weighted by Gasteiger charge is -2.29. The second-order valence-corrected chi connectivity index (χ2v) is 10.00. The predicted molar refractivity (Wildman–Crippen MR) is 131 cm³/mol. The van der Waals surface area contributed by atoms with Crippen LogP contribution < -0.4 is 5.73 Å². The van der Waals surface area contributed by atoms with Gasteiger partial charge in [0.1, 0.15) is 0 Å². The van der Waals surface area contributed by atoms with Crippen molar-refractivity contribution < 1.29 is 0 Å². The summed E-state index contributed by atoms with van der Waals surface area (Å²) >= 11 is 1.75. The fraction of sp³-hybridized carbons (Fsp3) is 0.407. The molecule has 0 bridgehead atoms. The van der Waals surface area contributed by atoms with Crippen LogP contribution in [0.5, 0.6) is 0 Å². The molecule has 1 aliphatic carbocycles. The van der Waals surface area contributed by atoms with Crippen molar-refractivity contribution in [2.75, 3.05) is 5.73 Å². The highest BCUT2D eigenvalue weighted by molar-refractivity contribution is 8.10. The lowest BCUT2D eigenvalue weighted by atomic mass is 9.76. The first-order valence-electron chi connectivity index (χ1n) is 10.7. The number of thioether (sulfide) groups is 1. The molecule has 0 spiro atoms. The predicted octanol–water partition coefficient (Wildman–Crippen LogP) is 7.74. The summed E-state index contributed by atoms with van der Waals surface area (Å²) in [6.07, 6.45) is 6.41. The van der Waals surface area contributed by atoms with E-state index in [-0.39, 0.29) is 5.41 Å². The molecule has 0 amide bonds. The standard InChI is InChI=1S/C27H35NS/c1-18-15-26(28)19(2)14-25(18)27(5,6)20(3)17-29-21(4)23-13-12-22-10-8-7-9-11-24(22)16-23/h12-17H,4,7-11,28H2,1-3,5-6H3/b20-17+. The number of aryl methyl sites for hydroxylation is 4. The average Bonchev–Trinajstić information content (AvgIpc) is 2.93. The van der Waals surface area contributed by atoms with Gasteiger partial charge in [-0.25, -0.2) is 0 Å². The Bertz CT molecular complexity index is 949. The lowest BCUT2D eigenvalue weighted by molar-refractivity contribution is 0.620. The van der Waals surface area contributed by atoms with Crippen molar-refractivity contribution in [1.82, 2.24) is 0 Å². The summed E-state index contributed by atoms with van der Waals surface area (Å²) in [7, 11) is 0. The topological polar surface area (TPSA) is 26.0 Å². The van der Waals surface area contributed by atoms with E-state index in [1.807, 2.05) is 0 Å². The number of rotatable bonds is 5. The first kappa shape index (κ1) is 21.8. The van der Waals surface area contributed by atoms with E-state index >= 15 is 0 Å². The summed E-state index contributed by atoms with van der Waals surface area (Å²) in [5.41, 5.74) is 16.3. The van der Waals surface area contributed by atoms with Gasteiger partial charge >= 0.3 is 0 Å². The Morgan fingerprint density at radius 3 is 2.41 bits per heavy atom. The Hall–Kier alpha value is -1.93. The van der Waals surface area contributed by atoms with Gasteiger partial charge in [0.25, 0.3) is 0 Å². The summed E-state index contributed by atoms with van der Waals surface area (Å²) in [6, 6.07) is 11.3.